The molecular weight excluding hydrogens is 535 g/mol. The van der Waals surface area contributed by atoms with Crippen LogP contribution in [0.4, 0.5) is 0 Å². The molecule has 6 aromatic rings. The second kappa shape index (κ2) is 14.4. The van der Waals surface area contributed by atoms with Crippen LogP contribution in [0, 0.1) is 11.3 Å². The molecule has 4 aromatic carbocycles. The molecule has 0 aliphatic rings. The number of nitrogens with zero attached hydrogens (tertiary/aromatic N) is 4. The van der Waals surface area contributed by atoms with E-state index in [4.69, 9.17) is 21.0 Å². The average Bonchev–Trinajstić information content (AvgIpc) is 3.64. The van der Waals surface area contributed by atoms with Gasteiger partial charge >= 0.3 is 0 Å². The third-order valence-corrected chi connectivity index (χ3v) is 7.22. The van der Waals surface area contributed by atoms with Crippen LogP contribution in [-0.4, -0.2) is 26.1 Å². The summed E-state index contributed by atoms with van der Waals surface area (Å²) in [6, 6.07) is 32.3. The maximum atomic E-state index is 8.91. The normalized spacial score (nSPS) is 10.4. The number of hydrogen-bond acceptors (Lipinski definition) is 4. The minimum absolute atomic E-state index is 0.499. The van der Waals surface area contributed by atoms with Crippen molar-refractivity contribution in [1.29, 1.82) is 5.26 Å². The molecule has 1 atom stereocenters. The maximum absolute atomic E-state index is 8.91. The molecule has 0 radical (unpaired) electrons. The predicted octanol–water partition coefficient (Wildman–Crippen LogP) is 7.52. The van der Waals surface area contributed by atoms with E-state index >= 15 is 0 Å². The Balaban J connectivity index is 0.000000196. The van der Waals surface area contributed by atoms with E-state index in [1.54, 1.807) is 0 Å². The zero-order chi connectivity index (χ0) is 30.1. The van der Waals surface area contributed by atoms with Gasteiger partial charge in [-0.05, 0) is 59.7 Å². The summed E-state index contributed by atoms with van der Waals surface area (Å²) in [6.45, 7) is 11.4. The second-order valence-electron chi connectivity index (χ2n) is 9.35. The highest BCUT2D eigenvalue weighted by Crippen LogP contribution is 2.28. The fourth-order valence-corrected chi connectivity index (χ4v) is 5.26. The van der Waals surface area contributed by atoms with Gasteiger partial charge in [0.1, 0.15) is 11.6 Å². The molecule has 0 saturated carbocycles. The van der Waals surface area contributed by atoms with Gasteiger partial charge in [0, 0.05) is 18.5 Å². The van der Waals surface area contributed by atoms with Gasteiger partial charge in [0.2, 0.25) is 0 Å². The van der Waals surface area contributed by atoms with Crippen molar-refractivity contribution in [3.05, 3.63) is 109 Å². The Morgan fingerprint density at radius 2 is 1.64 bits per heavy atom. The van der Waals surface area contributed by atoms with E-state index in [1.165, 1.54) is 0 Å². The van der Waals surface area contributed by atoms with Crippen LogP contribution in [-0.2, 0) is 13.0 Å². The van der Waals surface area contributed by atoms with Crippen molar-refractivity contribution in [2.45, 2.75) is 33.7 Å². The van der Waals surface area contributed by atoms with Crippen molar-refractivity contribution in [2.75, 3.05) is 6.54 Å². The molecule has 0 bridgehead atoms. The highest BCUT2D eigenvalue weighted by atomic mass is 31.0. The molecule has 0 aliphatic heterocycles. The first-order valence-corrected chi connectivity index (χ1v) is 14.8. The lowest BCUT2D eigenvalue weighted by molar-refractivity contribution is 0.711. The van der Waals surface area contributed by atoms with Gasteiger partial charge in [0.25, 0.3) is 0 Å². The lowest BCUT2D eigenvalue weighted by Crippen LogP contribution is -2.09. The van der Waals surface area contributed by atoms with Gasteiger partial charge in [0.15, 0.2) is 0 Å². The molecule has 3 N–H and O–H groups in total. The van der Waals surface area contributed by atoms with Crippen molar-refractivity contribution in [1.82, 2.24) is 19.5 Å². The van der Waals surface area contributed by atoms with Gasteiger partial charge in [-0.2, -0.15) is 5.26 Å². The third kappa shape index (κ3) is 6.50. The van der Waals surface area contributed by atoms with E-state index in [1.807, 2.05) is 92.7 Å². The number of H-pyrrole nitrogens is 1. The molecule has 0 saturated heterocycles. The van der Waals surface area contributed by atoms with Crippen LogP contribution in [0.3, 0.4) is 0 Å². The van der Waals surface area contributed by atoms with Gasteiger partial charge in [-0.15, -0.1) is 9.24 Å². The maximum Gasteiger partial charge on any atom is 0.138 e. The van der Waals surface area contributed by atoms with Crippen LogP contribution >= 0.6 is 9.24 Å². The van der Waals surface area contributed by atoms with E-state index in [2.05, 4.69) is 50.5 Å². The first-order valence-electron chi connectivity index (χ1n) is 14.2. The van der Waals surface area contributed by atoms with Crippen molar-refractivity contribution in [3.8, 4) is 28.6 Å². The van der Waals surface area contributed by atoms with Crippen molar-refractivity contribution < 1.29 is 0 Å². The summed E-state index contributed by atoms with van der Waals surface area (Å²) < 4.78 is 2.24. The number of aryl methyl sites for hydroxylation is 1. The van der Waals surface area contributed by atoms with Crippen LogP contribution in [0.1, 0.15) is 32.2 Å². The number of nitrogens with one attached hydrogen (secondary N) is 1. The smallest absolute Gasteiger partial charge is 0.138 e. The molecule has 0 fully saturated rings. The Morgan fingerprint density at radius 1 is 0.952 bits per heavy atom. The molecule has 212 valence electrons. The molecule has 42 heavy (non-hydrogen) atoms. The van der Waals surface area contributed by atoms with Crippen LogP contribution in [0.15, 0.2) is 97.6 Å². The number of allylic oxidation sites excluding steroid dienone is 1. The van der Waals surface area contributed by atoms with Crippen molar-refractivity contribution in [2.24, 2.45) is 5.73 Å². The van der Waals surface area contributed by atoms with Crippen LogP contribution in [0.25, 0.3) is 50.2 Å². The Labute approximate surface area is 250 Å². The summed E-state index contributed by atoms with van der Waals surface area (Å²) in [5, 5.41) is 9.99. The van der Waals surface area contributed by atoms with Gasteiger partial charge in [-0.1, -0.05) is 87.2 Å². The van der Waals surface area contributed by atoms with E-state index < -0.39 is 0 Å². The van der Waals surface area contributed by atoms with Crippen LogP contribution in [0.2, 0.25) is 0 Å². The zero-order valence-electron chi connectivity index (χ0n) is 24.4. The molecule has 0 amide bonds. The lowest BCUT2D eigenvalue weighted by Gasteiger charge is -2.07. The van der Waals surface area contributed by atoms with Crippen molar-refractivity contribution in [3.63, 3.8) is 0 Å². The number of aromatic nitrogens is 4. The topological polar surface area (TPSA) is 96.3 Å². The zero-order valence-corrected chi connectivity index (χ0v) is 25.6. The summed E-state index contributed by atoms with van der Waals surface area (Å²) in [5.74, 6) is 1.92. The number of nitriles is 1. The van der Waals surface area contributed by atoms with Gasteiger partial charge < -0.3 is 15.3 Å². The summed E-state index contributed by atoms with van der Waals surface area (Å²) in [4.78, 5) is 12.9. The first-order chi connectivity index (χ1) is 20.5. The number of fused-ring (bicyclic) bond motifs is 2. The Morgan fingerprint density at radius 3 is 2.33 bits per heavy atom. The van der Waals surface area contributed by atoms with Crippen LogP contribution in [0.5, 0.6) is 0 Å². The fraction of sp³-hybridized carbons (Fsp3) is 0.171. The predicted molar refractivity (Wildman–Crippen MR) is 180 cm³/mol. The Kier molecular flexibility index (Phi) is 10.4. The van der Waals surface area contributed by atoms with E-state index in [0.717, 1.165) is 74.2 Å². The highest BCUT2D eigenvalue weighted by molar-refractivity contribution is 7.28. The van der Waals surface area contributed by atoms with Gasteiger partial charge in [-0.3, -0.25) is 0 Å². The number of rotatable bonds is 6. The lowest BCUT2D eigenvalue weighted by atomic mass is 9.96. The molecule has 0 spiro atoms. The number of imidazole rings is 2. The highest BCUT2D eigenvalue weighted by Gasteiger charge is 2.14. The third-order valence-electron chi connectivity index (χ3n) is 6.78. The summed E-state index contributed by atoms with van der Waals surface area (Å²) in [5.41, 5.74) is 14.5. The first kappa shape index (κ1) is 30.4. The van der Waals surface area contributed by atoms with Gasteiger partial charge in [0.05, 0.1) is 33.7 Å². The number of aromatic amines is 1. The Hall–Kier alpha value is -4.56. The SMILES string of the molecule is C=C(C#N)c1ccccc1-c1ccccc1.CC.CCn1c(CCN)nc2c(P)cc(-c3nc4ccccc4[nH]3)cc21. The molecule has 0 aliphatic carbocycles. The standard InChI is InChI=1S/C18H20N5P.C15H11N.C2H6/c1-2-23-14-9-11(10-15(24)17(14)22-16(23)7-8-19)18-20-12-5-3-4-6-13(12)21-18;1-12(11-16)14-9-5-6-10-15(14)13-7-3-2-4-8-13;1-2/h3-6,9-10H,2,7-8,19,24H2,1H3,(H,20,21);2-10H,1H2;1-2H3. The summed E-state index contributed by atoms with van der Waals surface area (Å²) >= 11 is 0. The molecule has 1 unspecified atom stereocenters. The molecule has 6 nitrogen and oxygen atoms in total. The average molecular weight is 573 g/mol. The van der Waals surface area contributed by atoms with E-state index in [9.17, 15) is 0 Å². The monoisotopic (exact) mass is 572 g/mol. The Bertz CT molecular complexity index is 1810. The molecule has 7 heteroatoms. The van der Waals surface area contributed by atoms with Crippen molar-refractivity contribution >= 4 is 42.2 Å². The quantitative estimate of drug-likeness (QED) is 0.159. The molecule has 6 rings (SSSR count). The van der Waals surface area contributed by atoms with E-state index in [-0.39, 0.29) is 0 Å². The molecule has 2 aromatic heterocycles. The molecular formula is C35H37N6P. The summed E-state index contributed by atoms with van der Waals surface area (Å²) in [7, 11) is 2.80. The molecule has 2 heterocycles. The number of benzene rings is 4. The number of hydrogen-bond donors (Lipinski definition) is 2. The summed E-state index contributed by atoms with van der Waals surface area (Å²) in [6.07, 6.45) is 0.784. The number of para-hydroxylation sites is 2. The second-order valence-corrected chi connectivity index (χ2v) is 9.97. The fourth-order valence-electron chi connectivity index (χ4n) is 4.87. The number of nitrogens with two attached hydrogens (primary N) is 1. The van der Waals surface area contributed by atoms with Crippen LogP contribution < -0.4 is 11.0 Å². The minimum Gasteiger partial charge on any atom is -0.338 e. The minimum atomic E-state index is 0.499. The van der Waals surface area contributed by atoms with Gasteiger partial charge in [-0.25, -0.2) is 9.97 Å². The van der Waals surface area contributed by atoms with E-state index in [0.29, 0.717) is 12.1 Å². The largest absolute Gasteiger partial charge is 0.338 e.